The summed E-state index contributed by atoms with van der Waals surface area (Å²) in [6.07, 6.45) is 3.34. The molecule has 2 rings (SSSR count). The van der Waals surface area contributed by atoms with Crippen LogP contribution in [0.25, 0.3) is 0 Å². The van der Waals surface area contributed by atoms with Crippen LogP contribution in [-0.2, 0) is 6.42 Å². The van der Waals surface area contributed by atoms with Gasteiger partial charge in [0, 0.05) is 10.9 Å². The molecule has 1 aromatic heterocycles. The fourth-order valence-electron chi connectivity index (χ4n) is 1.65. The molecule has 2 nitrogen and oxygen atoms in total. The third-order valence-electron chi connectivity index (χ3n) is 2.27. The number of aryl methyl sites for hydroxylation is 1. The van der Waals surface area contributed by atoms with Crippen molar-refractivity contribution in [3.63, 3.8) is 0 Å². The van der Waals surface area contributed by atoms with E-state index in [1.807, 2.05) is 6.07 Å². The molecule has 1 aliphatic carbocycles. The van der Waals surface area contributed by atoms with E-state index in [2.05, 4.69) is 6.07 Å². The number of hydrogen-bond acceptors (Lipinski definition) is 3. The number of nitriles is 1. The van der Waals surface area contributed by atoms with Gasteiger partial charge in [-0.05, 0) is 30.9 Å². The molecule has 1 heterocycles. The van der Waals surface area contributed by atoms with Crippen molar-refractivity contribution in [3.8, 4) is 6.07 Å². The second-order valence-corrected chi connectivity index (χ2v) is 4.24. The molecule has 0 bridgehead atoms. The average Bonchev–Trinajstić information content (AvgIpc) is 2.49. The summed E-state index contributed by atoms with van der Waals surface area (Å²) in [6.45, 7) is 0. The molecule has 0 aliphatic heterocycles. The highest BCUT2D eigenvalue weighted by Crippen LogP contribution is 2.33. The summed E-state index contributed by atoms with van der Waals surface area (Å²) in [5, 5.41) is 8.69. The summed E-state index contributed by atoms with van der Waals surface area (Å²) in [5.74, 6) is 0. The lowest BCUT2D eigenvalue weighted by Gasteiger charge is -2.17. The van der Waals surface area contributed by atoms with E-state index in [4.69, 9.17) is 11.0 Å². The molecule has 62 valence electrons. The molecule has 0 spiro atoms. The van der Waals surface area contributed by atoms with Crippen LogP contribution in [0.1, 0.15) is 34.2 Å². The first-order chi connectivity index (χ1) is 5.81. The molecule has 0 radical (unpaired) electrons. The Bertz CT molecular complexity index is 335. The Labute approximate surface area is 75.6 Å². The van der Waals surface area contributed by atoms with Crippen molar-refractivity contribution in [2.75, 3.05) is 0 Å². The fraction of sp³-hybridized carbons (Fsp3) is 0.444. The number of nitrogens with two attached hydrogens (primary N) is 1. The predicted molar refractivity (Wildman–Crippen MR) is 48.9 cm³/mol. The van der Waals surface area contributed by atoms with Crippen LogP contribution >= 0.6 is 11.3 Å². The second-order valence-electron chi connectivity index (χ2n) is 3.10. The van der Waals surface area contributed by atoms with Crippen LogP contribution in [0.4, 0.5) is 0 Å². The Morgan fingerprint density at radius 2 is 2.50 bits per heavy atom. The van der Waals surface area contributed by atoms with Gasteiger partial charge in [0.05, 0.1) is 0 Å². The van der Waals surface area contributed by atoms with Crippen LogP contribution < -0.4 is 5.73 Å². The average molecular weight is 178 g/mol. The van der Waals surface area contributed by atoms with Gasteiger partial charge >= 0.3 is 0 Å². The monoisotopic (exact) mass is 178 g/mol. The zero-order chi connectivity index (χ0) is 8.55. The van der Waals surface area contributed by atoms with Gasteiger partial charge in [-0.3, -0.25) is 0 Å². The van der Waals surface area contributed by atoms with Crippen LogP contribution in [0.2, 0.25) is 0 Å². The lowest BCUT2D eigenvalue weighted by molar-refractivity contribution is 0.578. The van der Waals surface area contributed by atoms with E-state index in [-0.39, 0.29) is 6.04 Å². The Hall–Kier alpha value is -0.850. The minimum Gasteiger partial charge on any atom is -0.324 e. The smallest absolute Gasteiger partial charge is 0.110 e. The molecule has 0 fully saturated rings. The van der Waals surface area contributed by atoms with E-state index in [0.717, 1.165) is 17.7 Å². The summed E-state index contributed by atoms with van der Waals surface area (Å²) in [7, 11) is 0. The number of thiophene rings is 1. The summed E-state index contributed by atoms with van der Waals surface area (Å²) in [6, 6.07) is 4.29. The van der Waals surface area contributed by atoms with Gasteiger partial charge in [-0.2, -0.15) is 5.26 Å². The molecule has 0 saturated heterocycles. The van der Waals surface area contributed by atoms with Gasteiger partial charge in [-0.1, -0.05) is 0 Å². The zero-order valence-corrected chi connectivity index (χ0v) is 7.53. The normalized spacial score (nSPS) is 21.5. The van der Waals surface area contributed by atoms with Gasteiger partial charge in [0.2, 0.25) is 0 Å². The first-order valence-corrected chi connectivity index (χ1v) is 4.91. The maximum Gasteiger partial charge on any atom is 0.110 e. The van der Waals surface area contributed by atoms with E-state index < -0.39 is 0 Å². The largest absolute Gasteiger partial charge is 0.324 e. The van der Waals surface area contributed by atoms with Gasteiger partial charge < -0.3 is 5.73 Å². The van der Waals surface area contributed by atoms with Gasteiger partial charge in [-0.25, -0.2) is 0 Å². The molecule has 0 amide bonds. The summed E-state index contributed by atoms with van der Waals surface area (Å²) in [5.41, 5.74) is 7.12. The van der Waals surface area contributed by atoms with E-state index in [1.54, 1.807) is 11.3 Å². The number of fused-ring (bicyclic) bond motifs is 1. The third-order valence-corrected chi connectivity index (χ3v) is 3.39. The second kappa shape index (κ2) is 2.89. The minimum absolute atomic E-state index is 0.173. The molecule has 1 aliphatic rings. The highest BCUT2D eigenvalue weighted by molar-refractivity contribution is 7.12. The van der Waals surface area contributed by atoms with Crippen molar-refractivity contribution in [1.82, 2.24) is 0 Å². The van der Waals surface area contributed by atoms with E-state index in [1.165, 1.54) is 16.9 Å². The molecule has 3 heteroatoms. The van der Waals surface area contributed by atoms with Crippen LogP contribution in [-0.4, -0.2) is 0 Å². The Morgan fingerprint density at radius 1 is 1.67 bits per heavy atom. The SMILES string of the molecule is N#Cc1cc2c(s1)CCCC2N. The topological polar surface area (TPSA) is 49.8 Å². The number of hydrogen-bond donors (Lipinski definition) is 1. The van der Waals surface area contributed by atoms with Crippen molar-refractivity contribution in [2.45, 2.75) is 25.3 Å². The first kappa shape index (κ1) is 7.78. The zero-order valence-electron chi connectivity index (χ0n) is 6.71. The summed E-state index contributed by atoms with van der Waals surface area (Å²) in [4.78, 5) is 2.13. The van der Waals surface area contributed by atoms with Crippen molar-refractivity contribution in [2.24, 2.45) is 5.73 Å². The van der Waals surface area contributed by atoms with Crippen molar-refractivity contribution >= 4 is 11.3 Å². The highest BCUT2D eigenvalue weighted by Gasteiger charge is 2.19. The van der Waals surface area contributed by atoms with Gasteiger partial charge in [-0.15, -0.1) is 11.3 Å². The lowest BCUT2D eigenvalue weighted by atomic mass is 9.95. The predicted octanol–water partition coefficient (Wildman–Crippen LogP) is 1.96. The lowest BCUT2D eigenvalue weighted by Crippen LogP contribution is -2.15. The first-order valence-electron chi connectivity index (χ1n) is 4.09. The van der Waals surface area contributed by atoms with Crippen LogP contribution in [0.15, 0.2) is 6.07 Å². The molecular weight excluding hydrogens is 168 g/mol. The highest BCUT2D eigenvalue weighted by atomic mass is 32.1. The van der Waals surface area contributed by atoms with Crippen LogP contribution in [0.3, 0.4) is 0 Å². The fourth-order valence-corrected chi connectivity index (χ4v) is 2.72. The van der Waals surface area contributed by atoms with Gasteiger partial charge in [0.1, 0.15) is 10.9 Å². The number of nitrogens with zero attached hydrogens (tertiary/aromatic N) is 1. The molecular formula is C9H10N2S. The Morgan fingerprint density at radius 3 is 3.17 bits per heavy atom. The van der Waals surface area contributed by atoms with E-state index in [9.17, 15) is 0 Å². The summed E-state index contributed by atoms with van der Waals surface area (Å²) >= 11 is 1.60. The Balaban J connectivity index is 2.45. The van der Waals surface area contributed by atoms with Gasteiger partial charge in [0.15, 0.2) is 0 Å². The standard InChI is InChI=1S/C9H10N2S/c10-5-6-4-7-8(11)2-1-3-9(7)12-6/h4,8H,1-3,11H2. The third kappa shape index (κ3) is 1.13. The number of rotatable bonds is 0. The quantitative estimate of drug-likeness (QED) is 0.660. The van der Waals surface area contributed by atoms with Crippen molar-refractivity contribution in [1.29, 1.82) is 5.26 Å². The molecule has 2 N–H and O–H groups in total. The van der Waals surface area contributed by atoms with Gasteiger partial charge in [0.25, 0.3) is 0 Å². The molecule has 12 heavy (non-hydrogen) atoms. The molecule has 1 atom stereocenters. The maximum atomic E-state index is 8.69. The summed E-state index contributed by atoms with van der Waals surface area (Å²) < 4.78 is 0. The van der Waals surface area contributed by atoms with E-state index >= 15 is 0 Å². The molecule has 1 aromatic rings. The molecule has 0 saturated carbocycles. The van der Waals surface area contributed by atoms with Crippen molar-refractivity contribution < 1.29 is 0 Å². The molecule has 0 aromatic carbocycles. The van der Waals surface area contributed by atoms with Crippen molar-refractivity contribution in [3.05, 3.63) is 21.4 Å². The molecule has 1 unspecified atom stereocenters. The van der Waals surface area contributed by atoms with E-state index in [0.29, 0.717) is 0 Å². The van der Waals surface area contributed by atoms with Crippen LogP contribution in [0, 0.1) is 11.3 Å². The minimum atomic E-state index is 0.173. The van der Waals surface area contributed by atoms with Crippen LogP contribution in [0.5, 0.6) is 0 Å². The Kier molecular flexibility index (Phi) is 1.87. The maximum absolute atomic E-state index is 8.69.